The van der Waals surface area contributed by atoms with Crippen molar-refractivity contribution in [2.45, 2.75) is 0 Å². The fourth-order valence-electron chi connectivity index (χ4n) is 6.89. The summed E-state index contributed by atoms with van der Waals surface area (Å²) in [5.74, 6) is 1.76. The Balaban J connectivity index is 1.36. The number of aromatic nitrogens is 3. The Kier molecular flexibility index (Phi) is 5.81. The Labute approximate surface area is 274 Å². The molecule has 0 saturated carbocycles. The predicted octanol–water partition coefficient (Wildman–Crippen LogP) is 11.5. The average molecular weight is 616 g/mol. The van der Waals surface area contributed by atoms with Gasteiger partial charge in [0.15, 0.2) is 17.5 Å². The smallest absolute Gasteiger partial charge is 0.165 e. The monoisotopic (exact) mass is 615 g/mol. The number of furan rings is 2. The molecule has 0 aliphatic heterocycles. The predicted molar refractivity (Wildman–Crippen MR) is 194 cm³/mol. The van der Waals surface area contributed by atoms with Gasteiger partial charge in [-0.25, -0.2) is 15.0 Å². The molecule has 10 aromatic rings. The number of fused-ring (bicyclic) bond motifs is 7. The lowest BCUT2D eigenvalue weighted by Gasteiger charge is -2.14. The first kappa shape index (κ1) is 26.6. The molecule has 0 saturated heterocycles. The minimum absolute atomic E-state index is 0.562. The molecule has 0 radical (unpaired) electrons. The summed E-state index contributed by atoms with van der Waals surface area (Å²) < 4.78 is 13.2. The third-order valence-electron chi connectivity index (χ3n) is 9.12. The third kappa shape index (κ3) is 4.15. The second-order valence-corrected chi connectivity index (χ2v) is 12.0. The summed E-state index contributed by atoms with van der Waals surface area (Å²) in [7, 11) is 0. The number of benzene rings is 7. The highest BCUT2D eigenvalue weighted by atomic mass is 16.3. The molecule has 0 aliphatic carbocycles. The van der Waals surface area contributed by atoms with Gasteiger partial charge in [-0.1, -0.05) is 121 Å². The van der Waals surface area contributed by atoms with Gasteiger partial charge in [-0.2, -0.15) is 0 Å². The zero-order valence-electron chi connectivity index (χ0n) is 25.6. The molecule has 0 amide bonds. The van der Waals surface area contributed by atoms with E-state index in [1.807, 2.05) is 78.9 Å². The molecule has 0 bridgehead atoms. The molecule has 0 unspecified atom stereocenters. The molecular weight excluding hydrogens is 590 g/mol. The first-order valence-corrected chi connectivity index (χ1v) is 15.9. The van der Waals surface area contributed by atoms with Crippen LogP contribution >= 0.6 is 0 Å². The van der Waals surface area contributed by atoms with Gasteiger partial charge in [-0.3, -0.25) is 0 Å². The van der Waals surface area contributed by atoms with Gasteiger partial charge in [0.2, 0.25) is 0 Å². The van der Waals surface area contributed by atoms with Crippen LogP contribution in [-0.4, -0.2) is 15.0 Å². The molecule has 48 heavy (non-hydrogen) atoms. The molecule has 0 atom stereocenters. The minimum atomic E-state index is 0.562. The lowest BCUT2D eigenvalue weighted by molar-refractivity contribution is 0.668. The highest BCUT2D eigenvalue weighted by Gasteiger charge is 2.24. The van der Waals surface area contributed by atoms with Crippen molar-refractivity contribution < 1.29 is 8.83 Å². The second-order valence-electron chi connectivity index (χ2n) is 12.0. The van der Waals surface area contributed by atoms with E-state index in [1.54, 1.807) is 0 Å². The van der Waals surface area contributed by atoms with Crippen molar-refractivity contribution in [3.05, 3.63) is 152 Å². The number of hydrogen-bond donors (Lipinski definition) is 0. The van der Waals surface area contributed by atoms with E-state index in [0.717, 1.165) is 82.5 Å². The second kappa shape index (κ2) is 10.5. The standard InChI is InChI=1S/C43H25N3O2/c1-3-12-26(13-4-1)41-44-42(27-14-5-2-6-15-27)46-43(45-41)39-31(33-20-11-19-32-30-18-9-10-21-35(30)48-40(32)33)22-23-36-38(39)34-24-28-16-7-8-17-29(28)25-37(34)47-36/h1-25H. The SMILES string of the molecule is c1ccc(-c2nc(-c3ccccc3)nc(-c3c(-c4cccc5c4oc4ccccc45)ccc4oc5cc6ccccc6cc5c34)n2)cc1. The van der Waals surface area contributed by atoms with Crippen LogP contribution < -0.4 is 0 Å². The van der Waals surface area contributed by atoms with Crippen LogP contribution in [0.15, 0.2) is 160 Å². The lowest BCUT2D eigenvalue weighted by Crippen LogP contribution is -2.01. The maximum atomic E-state index is 6.58. The maximum absolute atomic E-state index is 6.58. The van der Waals surface area contributed by atoms with Gasteiger partial charge >= 0.3 is 0 Å². The highest BCUT2D eigenvalue weighted by Crippen LogP contribution is 2.46. The summed E-state index contributed by atoms with van der Waals surface area (Å²) in [5.41, 5.74) is 7.84. The summed E-state index contributed by atoms with van der Waals surface area (Å²) in [5, 5.41) is 6.34. The van der Waals surface area contributed by atoms with E-state index in [-0.39, 0.29) is 0 Å². The first-order valence-electron chi connectivity index (χ1n) is 15.9. The molecule has 5 heteroatoms. The minimum Gasteiger partial charge on any atom is -0.456 e. The van der Waals surface area contributed by atoms with Crippen molar-refractivity contribution in [2.24, 2.45) is 0 Å². The average Bonchev–Trinajstić information content (AvgIpc) is 3.72. The number of para-hydroxylation sites is 2. The molecule has 0 fully saturated rings. The zero-order valence-corrected chi connectivity index (χ0v) is 25.6. The van der Waals surface area contributed by atoms with Crippen LogP contribution in [0.1, 0.15) is 0 Å². The molecule has 10 rings (SSSR count). The van der Waals surface area contributed by atoms with Crippen LogP contribution in [0.2, 0.25) is 0 Å². The summed E-state index contributed by atoms with van der Waals surface area (Å²) in [4.78, 5) is 15.4. The fraction of sp³-hybridized carbons (Fsp3) is 0. The van der Waals surface area contributed by atoms with E-state index in [9.17, 15) is 0 Å². The van der Waals surface area contributed by atoms with Crippen molar-refractivity contribution in [3.63, 3.8) is 0 Å². The first-order chi connectivity index (χ1) is 23.8. The van der Waals surface area contributed by atoms with Crippen molar-refractivity contribution in [1.29, 1.82) is 0 Å². The highest BCUT2D eigenvalue weighted by molar-refractivity contribution is 6.19. The van der Waals surface area contributed by atoms with Crippen LogP contribution in [0.3, 0.4) is 0 Å². The van der Waals surface area contributed by atoms with Crippen LogP contribution in [0, 0.1) is 0 Å². The molecule has 0 N–H and O–H groups in total. The van der Waals surface area contributed by atoms with E-state index in [4.69, 9.17) is 23.8 Å². The van der Waals surface area contributed by atoms with E-state index >= 15 is 0 Å². The molecular formula is C43H25N3O2. The van der Waals surface area contributed by atoms with Gasteiger partial charge in [-0.05, 0) is 46.7 Å². The topological polar surface area (TPSA) is 65.0 Å². The van der Waals surface area contributed by atoms with Gasteiger partial charge in [0.05, 0.1) is 0 Å². The summed E-state index contributed by atoms with van der Waals surface area (Å²) >= 11 is 0. The van der Waals surface area contributed by atoms with Crippen molar-refractivity contribution >= 4 is 54.6 Å². The van der Waals surface area contributed by atoms with Gasteiger partial charge in [0.1, 0.15) is 22.3 Å². The number of rotatable bonds is 4. The Morgan fingerprint density at radius 3 is 1.75 bits per heavy atom. The summed E-state index contributed by atoms with van der Waals surface area (Å²) in [6.07, 6.45) is 0. The molecule has 3 aromatic heterocycles. The lowest BCUT2D eigenvalue weighted by atomic mass is 9.93. The molecule has 5 nitrogen and oxygen atoms in total. The Morgan fingerprint density at radius 2 is 1.00 bits per heavy atom. The quantitative estimate of drug-likeness (QED) is 0.197. The van der Waals surface area contributed by atoms with Crippen molar-refractivity contribution in [3.8, 4) is 45.3 Å². The summed E-state index contributed by atoms with van der Waals surface area (Å²) in [6, 6.07) is 51.5. The maximum Gasteiger partial charge on any atom is 0.165 e. The largest absolute Gasteiger partial charge is 0.456 e. The van der Waals surface area contributed by atoms with Gasteiger partial charge in [0, 0.05) is 43.8 Å². The number of nitrogens with zero attached hydrogens (tertiary/aromatic N) is 3. The molecule has 3 heterocycles. The molecule has 7 aromatic carbocycles. The molecule has 0 spiro atoms. The van der Waals surface area contributed by atoms with Gasteiger partial charge in [0.25, 0.3) is 0 Å². The van der Waals surface area contributed by atoms with Crippen LogP contribution in [0.4, 0.5) is 0 Å². The fourth-order valence-corrected chi connectivity index (χ4v) is 6.89. The normalized spacial score (nSPS) is 11.8. The Bertz CT molecular complexity index is 2780. The Morgan fingerprint density at radius 1 is 0.375 bits per heavy atom. The van der Waals surface area contributed by atoms with Crippen molar-refractivity contribution in [2.75, 3.05) is 0 Å². The van der Waals surface area contributed by atoms with E-state index in [2.05, 4.69) is 72.8 Å². The Hall–Kier alpha value is -6.59. The zero-order chi connectivity index (χ0) is 31.6. The molecule has 224 valence electrons. The van der Waals surface area contributed by atoms with Gasteiger partial charge < -0.3 is 8.83 Å². The third-order valence-corrected chi connectivity index (χ3v) is 9.12. The van der Waals surface area contributed by atoms with Crippen LogP contribution in [0.25, 0.3) is 99.9 Å². The molecule has 0 aliphatic rings. The number of hydrogen-bond acceptors (Lipinski definition) is 5. The van der Waals surface area contributed by atoms with E-state index in [1.165, 1.54) is 0 Å². The van der Waals surface area contributed by atoms with Crippen LogP contribution in [-0.2, 0) is 0 Å². The van der Waals surface area contributed by atoms with Crippen LogP contribution in [0.5, 0.6) is 0 Å². The van der Waals surface area contributed by atoms with E-state index in [0.29, 0.717) is 17.5 Å². The van der Waals surface area contributed by atoms with E-state index < -0.39 is 0 Å². The summed E-state index contributed by atoms with van der Waals surface area (Å²) in [6.45, 7) is 0. The van der Waals surface area contributed by atoms with Crippen molar-refractivity contribution in [1.82, 2.24) is 15.0 Å². The van der Waals surface area contributed by atoms with Gasteiger partial charge in [-0.15, -0.1) is 0 Å².